The van der Waals surface area contributed by atoms with E-state index in [1.165, 1.54) is 4.72 Å². The van der Waals surface area contributed by atoms with Crippen LogP contribution >= 0.6 is 0 Å². The highest BCUT2D eigenvalue weighted by Gasteiger charge is 2.33. The van der Waals surface area contributed by atoms with Crippen molar-refractivity contribution in [1.82, 2.24) is 10.0 Å². The van der Waals surface area contributed by atoms with Crippen LogP contribution in [0.2, 0.25) is 0 Å². The summed E-state index contributed by atoms with van der Waals surface area (Å²) in [4.78, 5) is 11.2. The summed E-state index contributed by atoms with van der Waals surface area (Å²) < 4.78 is 86.5. The predicted octanol–water partition coefficient (Wildman–Crippen LogP) is 1.45. The number of nitrogens with one attached hydrogen (secondary N) is 2. The quantitative estimate of drug-likeness (QED) is 0.800. The fraction of sp³-hybridized carbons (Fsp3) is 0.417. The van der Waals surface area contributed by atoms with Crippen LogP contribution in [-0.2, 0) is 16.4 Å². The van der Waals surface area contributed by atoms with Crippen molar-refractivity contribution < 1.29 is 35.2 Å². The van der Waals surface area contributed by atoms with Gasteiger partial charge in [0, 0.05) is 5.56 Å². The first kappa shape index (κ1) is 17.6. The highest BCUT2D eigenvalue weighted by atomic mass is 32.2. The second-order valence-electron chi connectivity index (χ2n) is 4.88. The maximum Gasteiger partial charge on any atom is 0.402 e. The monoisotopic (exact) mass is 358 g/mol. The number of amides is 1. The molecule has 0 saturated heterocycles. The van der Waals surface area contributed by atoms with Crippen LogP contribution in [0.1, 0.15) is 15.9 Å². The number of alkyl halides is 5. The number of hydrogen-bond donors (Lipinski definition) is 2. The SMILES string of the molecule is O=C1NC(C(F)F)Cc2ccc(S(=O)(=O)NCC(F)(F)F)cc21. The van der Waals surface area contributed by atoms with Crippen molar-refractivity contribution in [3.05, 3.63) is 29.3 Å². The maximum atomic E-state index is 12.6. The molecule has 1 atom stereocenters. The van der Waals surface area contributed by atoms with Crippen LogP contribution in [0.25, 0.3) is 0 Å². The van der Waals surface area contributed by atoms with Gasteiger partial charge in [-0.3, -0.25) is 4.79 Å². The molecule has 0 aromatic heterocycles. The van der Waals surface area contributed by atoms with E-state index in [-0.39, 0.29) is 17.5 Å². The molecule has 0 aliphatic carbocycles. The molecule has 128 valence electrons. The largest absolute Gasteiger partial charge is 0.402 e. The van der Waals surface area contributed by atoms with E-state index in [0.717, 1.165) is 18.2 Å². The van der Waals surface area contributed by atoms with Gasteiger partial charge in [-0.15, -0.1) is 0 Å². The van der Waals surface area contributed by atoms with Crippen LogP contribution in [0.3, 0.4) is 0 Å². The molecular formula is C12H11F5N2O3S. The number of rotatable bonds is 4. The number of benzene rings is 1. The normalized spacial score (nSPS) is 18.7. The Kier molecular flexibility index (Phi) is 4.62. The van der Waals surface area contributed by atoms with Gasteiger partial charge in [-0.2, -0.15) is 13.2 Å². The summed E-state index contributed by atoms with van der Waals surface area (Å²) in [5.74, 6) is -0.899. The van der Waals surface area contributed by atoms with Crippen LogP contribution in [0.5, 0.6) is 0 Å². The molecule has 0 spiro atoms. The Morgan fingerprint density at radius 2 is 1.96 bits per heavy atom. The second kappa shape index (κ2) is 6.04. The van der Waals surface area contributed by atoms with Gasteiger partial charge in [0.2, 0.25) is 10.0 Å². The molecule has 1 aliphatic rings. The molecule has 1 heterocycles. The van der Waals surface area contributed by atoms with Crippen molar-refractivity contribution in [2.45, 2.75) is 30.0 Å². The highest BCUT2D eigenvalue weighted by molar-refractivity contribution is 7.89. The Labute approximate surface area is 127 Å². The van der Waals surface area contributed by atoms with Gasteiger partial charge in [-0.1, -0.05) is 6.07 Å². The Morgan fingerprint density at radius 3 is 2.52 bits per heavy atom. The molecule has 0 saturated carbocycles. The van der Waals surface area contributed by atoms with Crippen LogP contribution < -0.4 is 10.0 Å². The van der Waals surface area contributed by atoms with E-state index in [0.29, 0.717) is 0 Å². The molecule has 2 N–H and O–H groups in total. The molecule has 23 heavy (non-hydrogen) atoms. The van der Waals surface area contributed by atoms with E-state index in [9.17, 15) is 35.2 Å². The first-order valence-electron chi connectivity index (χ1n) is 6.28. The number of carbonyl (C=O) groups is 1. The highest BCUT2D eigenvalue weighted by Crippen LogP contribution is 2.23. The summed E-state index contributed by atoms with van der Waals surface area (Å²) in [6.45, 7) is -1.76. The van der Waals surface area contributed by atoms with Crippen LogP contribution in [-0.4, -0.2) is 39.5 Å². The summed E-state index contributed by atoms with van der Waals surface area (Å²) >= 11 is 0. The average molecular weight is 358 g/mol. The number of carbonyl (C=O) groups excluding carboxylic acids is 1. The Hall–Kier alpha value is -1.75. The van der Waals surface area contributed by atoms with Crippen molar-refractivity contribution in [2.24, 2.45) is 0 Å². The van der Waals surface area contributed by atoms with Crippen LogP contribution in [0, 0.1) is 0 Å². The van der Waals surface area contributed by atoms with E-state index in [1.807, 2.05) is 5.32 Å². The van der Waals surface area contributed by atoms with Gasteiger partial charge in [0.05, 0.1) is 10.9 Å². The lowest BCUT2D eigenvalue weighted by molar-refractivity contribution is -0.121. The zero-order valence-corrected chi connectivity index (χ0v) is 12.1. The lowest BCUT2D eigenvalue weighted by Crippen LogP contribution is -2.45. The number of hydrogen-bond acceptors (Lipinski definition) is 3. The van der Waals surface area contributed by atoms with Gasteiger partial charge in [0.25, 0.3) is 12.3 Å². The van der Waals surface area contributed by atoms with E-state index in [1.54, 1.807) is 0 Å². The summed E-state index contributed by atoms with van der Waals surface area (Å²) in [6.07, 6.45) is -7.72. The van der Waals surface area contributed by atoms with E-state index < -0.39 is 46.0 Å². The van der Waals surface area contributed by atoms with Gasteiger partial charge < -0.3 is 5.32 Å². The van der Waals surface area contributed by atoms with Crippen molar-refractivity contribution in [3.8, 4) is 0 Å². The third kappa shape index (κ3) is 4.16. The predicted molar refractivity (Wildman–Crippen MR) is 68.6 cm³/mol. The van der Waals surface area contributed by atoms with Crippen LogP contribution in [0.15, 0.2) is 23.1 Å². The molecule has 5 nitrogen and oxygen atoms in total. The molecule has 1 aromatic carbocycles. The average Bonchev–Trinajstić information content (AvgIpc) is 2.44. The molecule has 2 rings (SSSR count). The lowest BCUT2D eigenvalue weighted by atomic mass is 9.95. The summed E-state index contributed by atoms with van der Waals surface area (Å²) in [7, 11) is -4.48. The third-order valence-corrected chi connectivity index (χ3v) is 4.56. The minimum absolute atomic E-state index is 0.156. The molecule has 1 aliphatic heterocycles. The third-order valence-electron chi connectivity index (χ3n) is 3.16. The summed E-state index contributed by atoms with van der Waals surface area (Å²) in [5.41, 5.74) is 0.0469. The van der Waals surface area contributed by atoms with Gasteiger partial charge >= 0.3 is 6.18 Å². The molecule has 1 aromatic rings. The standard InChI is InChI=1S/C12H11F5N2O3S/c13-10(14)9-3-6-1-2-7(4-8(6)11(20)19-9)23(21,22)18-5-12(15,16)17/h1-2,4,9-10,18H,3,5H2,(H,19,20). The number of sulfonamides is 1. The zero-order valence-electron chi connectivity index (χ0n) is 11.3. The molecule has 11 heteroatoms. The Morgan fingerprint density at radius 1 is 1.30 bits per heavy atom. The summed E-state index contributed by atoms with van der Waals surface area (Å²) in [5, 5.41) is 2.02. The van der Waals surface area contributed by atoms with Gasteiger partial charge in [0.1, 0.15) is 6.54 Å². The van der Waals surface area contributed by atoms with Crippen molar-refractivity contribution in [3.63, 3.8) is 0 Å². The smallest absolute Gasteiger partial charge is 0.343 e. The van der Waals surface area contributed by atoms with Gasteiger partial charge in [-0.25, -0.2) is 21.9 Å². The number of fused-ring (bicyclic) bond motifs is 1. The minimum atomic E-state index is -4.73. The molecular weight excluding hydrogens is 347 g/mol. The molecule has 1 amide bonds. The summed E-state index contributed by atoms with van der Waals surface area (Å²) in [6, 6.07) is 1.59. The fourth-order valence-electron chi connectivity index (χ4n) is 2.06. The Bertz CT molecular complexity index is 718. The topological polar surface area (TPSA) is 75.3 Å². The molecule has 0 radical (unpaired) electrons. The minimum Gasteiger partial charge on any atom is -0.343 e. The van der Waals surface area contributed by atoms with Crippen molar-refractivity contribution >= 4 is 15.9 Å². The fourth-order valence-corrected chi connectivity index (χ4v) is 3.10. The van der Waals surface area contributed by atoms with Gasteiger partial charge in [-0.05, 0) is 24.1 Å². The Balaban J connectivity index is 2.28. The molecule has 0 fully saturated rings. The van der Waals surface area contributed by atoms with Crippen molar-refractivity contribution in [1.29, 1.82) is 0 Å². The second-order valence-corrected chi connectivity index (χ2v) is 6.64. The molecule has 1 unspecified atom stereocenters. The van der Waals surface area contributed by atoms with E-state index >= 15 is 0 Å². The lowest BCUT2D eigenvalue weighted by Gasteiger charge is -2.25. The first-order chi connectivity index (χ1) is 10.5. The van der Waals surface area contributed by atoms with Gasteiger partial charge in [0.15, 0.2) is 0 Å². The number of halogens is 5. The van der Waals surface area contributed by atoms with E-state index in [4.69, 9.17) is 0 Å². The molecule has 0 bridgehead atoms. The zero-order chi connectivity index (χ0) is 17.4. The maximum absolute atomic E-state index is 12.6. The first-order valence-corrected chi connectivity index (χ1v) is 7.76. The van der Waals surface area contributed by atoms with E-state index in [2.05, 4.69) is 0 Å². The van der Waals surface area contributed by atoms with Crippen molar-refractivity contribution in [2.75, 3.05) is 6.54 Å². The van der Waals surface area contributed by atoms with Crippen LogP contribution in [0.4, 0.5) is 22.0 Å².